The summed E-state index contributed by atoms with van der Waals surface area (Å²) < 4.78 is 0.810. The van der Waals surface area contributed by atoms with Gasteiger partial charge in [-0.1, -0.05) is 22.0 Å². The van der Waals surface area contributed by atoms with E-state index in [1.807, 2.05) is 6.07 Å². The molecule has 0 spiro atoms. The van der Waals surface area contributed by atoms with Gasteiger partial charge < -0.3 is 15.5 Å². The van der Waals surface area contributed by atoms with Crippen molar-refractivity contribution >= 4 is 15.9 Å². The van der Waals surface area contributed by atoms with Crippen LogP contribution in [0.5, 0.6) is 5.75 Å². The highest BCUT2D eigenvalue weighted by atomic mass is 79.9. The smallest absolute Gasteiger partial charge is 0.122 e. The molecule has 1 heterocycles. The number of aliphatic hydroxyl groups is 1. The molecule has 0 radical (unpaired) electrons. The van der Waals surface area contributed by atoms with Gasteiger partial charge in [0.2, 0.25) is 0 Å². The zero-order valence-corrected chi connectivity index (χ0v) is 8.50. The van der Waals surface area contributed by atoms with Gasteiger partial charge in [0.1, 0.15) is 11.4 Å². The first-order valence-corrected chi connectivity index (χ1v) is 4.83. The number of hydrogen-bond acceptors (Lipinski definition) is 3. The van der Waals surface area contributed by atoms with E-state index < -0.39 is 5.60 Å². The standard InChI is InChI=1S/C9H10BrNO2/c10-6-1-2-7(8(12)3-6)9(13)4-11-5-9/h1-3,11-13H,4-5H2. The number of aromatic hydroxyl groups is 1. The Kier molecular flexibility index (Phi) is 2.06. The lowest BCUT2D eigenvalue weighted by Gasteiger charge is -2.38. The number of hydrogen-bond donors (Lipinski definition) is 3. The molecule has 3 N–H and O–H groups in total. The predicted molar refractivity (Wildman–Crippen MR) is 52.6 cm³/mol. The van der Waals surface area contributed by atoms with Crippen LogP contribution in [-0.2, 0) is 5.60 Å². The summed E-state index contributed by atoms with van der Waals surface area (Å²) in [6.07, 6.45) is 0. The van der Waals surface area contributed by atoms with E-state index in [0.29, 0.717) is 18.7 Å². The maximum atomic E-state index is 9.92. The molecule has 3 nitrogen and oxygen atoms in total. The van der Waals surface area contributed by atoms with Gasteiger partial charge in [0.05, 0.1) is 0 Å². The SMILES string of the molecule is Oc1cc(Br)ccc1C1(O)CNC1. The van der Waals surface area contributed by atoms with Gasteiger partial charge in [0.15, 0.2) is 0 Å². The van der Waals surface area contributed by atoms with Gasteiger partial charge >= 0.3 is 0 Å². The van der Waals surface area contributed by atoms with Crippen LogP contribution < -0.4 is 5.32 Å². The minimum atomic E-state index is -0.884. The minimum absolute atomic E-state index is 0.137. The first kappa shape index (κ1) is 8.99. The topological polar surface area (TPSA) is 52.5 Å². The first-order valence-electron chi connectivity index (χ1n) is 4.04. The Morgan fingerprint density at radius 2 is 2.08 bits per heavy atom. The number of rotatable bonds is 1. The second-order valence-electron chi connectivity index (χ2n) is 3.30. The lowest BCUT2D eigenvalue weighted by molar-refractivity contribution is -0.0164. The zero-order valence-electron chi connectivity index (χ0n) is 6.92. The van der Waals surface area contributed by atoms with Crippen LogP contribution in [0.3, 0.4) is 0 Å². The fraction of sp³-hybridized carbons (Fsp3) is 0.333. The fourth-order valence-corrected chi connectivity index (χ4v) is 1.80. The minimum Gasteiger partial charge on any atom is -0.508 e. The zero-order chi connectivity index (χ0) is 9.47. The third-order valence-corrected chi connectivity index (χ3v) is 2.79. The van der Waals surface area contributed by atoms with Crippen LogP contribution in [0, 0.1) is 0 Å². The molecule has 2 rings (SSSR count). The number of halogens is 1. The second-order valence-corrected chi connectivity index (χ2v) is 4.21. The monoisotopic (exact) mass is 243 g/mol. The van der Waals surface area contributed by atoms with Gasteiger partial charge in [-0.2, -0.15) is 0 Å². The molecule has 0 aromatic heterocycles. The molecule has 1 aromatic carbocycles. The first-order chi connectivity index (χ1) is 6.12. The highest BCUT2D eigenvalue weighted by Crippen LogP contribution is 2.33. The Bertz CT molecular complexity index is 336. The van der Waals surface area contributed by atoms with Gasteiger partial charge in [-0.3, -0.25) is 0 Å². The summed E-state index contributed by atoms with van der Waals surface area (Å²) in [5.74, 6) is 0.137. The van der Waals surface area contributed by atoms with Crippen LogP contribution >= 0.6 is 15.9 Å². The predicted octanol–water partition coefficient (Wildman–Crippen LogP) is 0.945. The Labute approximate surface area is 84.5 Å². The average molecular weight is 244 g/mol. The summed E-state index contributed by atoms with van der Waals surface area (Å²) in [5.41, 5.74) is -0.292. The molecule has 1 aromatic rings. The summed E-state index contributed by atoms with van der Waals surface area (Å²) in [7, 11) is 0. The molecular formula is C9H10BrNO2. The van der Waals surface area contributed by atoms with Crippen molar-refractivity contribution in [3.8, 4) is 5.75 Å². The molecular weight excluding hydrogens is 234 g/mol. The van der Waals surface area contributed by atoms with Crippen molar-refractivity contribution in [2.24, 2.45) is 0 Å². The van der Waals surface area contributed by atoms with E-state index in [1.165, 1.54) is 0 Å². The van der Waals surface area contributed by atoms with Crippen molar-refractivity contribution in [3.63, 3.8) is 0 Å². The fourth-order valence-electron chi connectivity index (χ4n) is 1.45. The Morgan fingerprint density at radius 1 is 1.38 bits per heavy atom. The number of benzene rings is 1. The van der Waals surface area contributed by atoms with Crippen molar-refractivity contribution in [2.75, 3.05) is 13.1 Å². The van der Waals surface area contributed by atoms with E-state index >= 15 is 0 Å². The van der Waals surface area contributed by atoms with Crippen LogP contribution in [0.1, 0.15) is 5.56 Å². The molecule has 13 heavy (non-hydrogen) atoms. The van der Waals surface area contributed by atoms with Crippen LogP contribution in [0.25, 0.3) is 0 Å². The Balaban J connectivity index is 2.40. The number of phenols is 1. The summed E-state index contributed by atoms with van der Waals surface area (Å²) in [6.45, 7) is 1.00. The van der Waals surface area contributed by atoms with Gasteiger partial charge in [0.25, 0.3) is 0 Å². The summed E-state index contributed by atoms with van der Waals surface area (Å²) >= 11 is 3.25. The van der Waals surface area contributed by atoms with Crippen molar-refractivity contribution in [1.82, 2.24) is 5.32 Å². The quantitative estimate of drug-likeness (QED) is 0.689. The van der Waals surface area contributed by atoms with Crippen LogP contribution in [0.2, 0.25) is 0 Å². The lowest BCUT2D eigenvalue weighted by atomic mass is 9.88. The van der Waals surface area contributed by atoms with Gasteiger partial charge in [-0.05, 0) is 12.1 Å². The lowest BCUT2D eigenvalue weighted by Crippen LogP contribution is -2.56. The van der Waals surface area contributed by atoms with Crippen molar-refractivity contribution < 1.29 is 10.2 Å². The Morgan fingerprint density at radius 3 is 2.54 bits per heavy atom. The maximum Gasteiger partial charge on any atom is 0.122 e. The van der Waals surface area contributed by atoms with Crippen molar-refractivity contribution in [3.05, 3.63) is 28.2 Å². The molecule has 1 aliphatic heterocycles. The molecule has 1 fully saturated rings. The second kappa shape index (κ2) is 2.97. The molecule has 0 aliphatic carbocycles. The third-order valence-electron chi connectivity index (χ3n) is 2.30. The number of nitrogens with one attached hydrogen (secondary N) is 1. The van der Waals surface area contributed by atoms with E-state index in [-0.39, 0.29) is 5.75 Å². The normalized spacial score (nSPS) is 19.5. The molecule has 0 saturated carbocycles. The molecule has 4 heteroatoms. The molecule has 0 atom stereocenters. The van der Waals surface area contributed by atoms with Gasteiger partial charge in [-0.15, -0.1) is 0 Å². The van der Waals surface area contributed by atoms with Crippen LogP contribution in [0.4, 0.5) is 0 Å². The van der Waals surface area contributed by atoms with Gasteiger partial charge in [-0.25, -0.2) is 0 Å². The third kappa shape index (κ3) is 1.45. The van der Waals surface area contributed by atoms with E-state index in [4.69, 9.17) is 0 Å². The van der Waals surface area contributed by atoms with Gasteiger partial charge in [0, 0.05) is 23.1 Å². The number of phenolic OH excluding ortho intramolecular Hbond substituents is 1. The molecule has 0 amide bonds. The molecule has 70 valence electrons. The van der Waals surface area contributed by atoms with Crippen LogP contribution in [0.15, 0.2) is 22.7 Å². The van der Waals surface area contributed by atoms with E-state index in [0.717, 1.165) is 4.47 Å². The van der Waals surface area contributed by atoms with E-state index in [9.17, 15) is 10.2 Å². The van der Waals surface area contributed by atoms with Crippen LogP contribution in [-0.4, -0.2) is 23.3 Å². The molecule has 0 unspecified atom stereocenters. The van der Waals surface area contributed by atoms with E-state index in [1.54, 1.807) is 12.1 Å². The molecule has 0 bridgehead atoms. The number of β-amino-alcohol motifs (C(OH)–C–C–N with tert-alkyl or cyclic N) is 1. The van der Waals surface area contributed by atoms with E-state index in [2.05, 4.69) is 21.2 Å². The molecule has 1 saturated heterocycles. The van der Waals surface area contributed by atoms with Crippen molar-refractivity contribution in [2.45, 2.75) is 5.60 Å². The molecule has 1 aliphatic rings. The Hall–Kier alpha value is -0.580. The maximum absolute atomic E-state index is 9.92. The van der Waals surface area contributed by atoms with Crippen molar-refractivity contribution in [1.29, 1.82) is 0 Å². The summed E-state index contributed by atoms with van der Waals surface area (Å²) in [5, 5.41) is 22.5. The summed E-state index contributed by atoms with van der Waals surface area (Å²) in [4.78, 5) is 0. The average Bonchev–Trinajstić information content (AvgIpc) is 2.00. The largest absolute Gasteiger partial charge is 0.508 e. The highest BCUT2D eigenvalue weighted by molar-refractivity contribution is 9.10. The highest BCUT2D eigenvalue weighted by Gasteiger charge is 2.38. The summed E-state index contributed by atoms with van der Waals surface area (Å²) in [6, 6.07) is 5.14.